The highest BCUT2D eigenvalue weighted by Gasteiger charge is 2.29. The Labute approximate surface area is 114 Å². The topological polar surface area (TPSA) is 93.8 Å². The molecule has 0 aromatic heterocycles. The molecule has 0 unspecified atom stereocenters. The van der Waals surface area contributed by atoms with E-state index in [-0.39, 0.29) is 23.4 Å². The number of ether oxygens (including phenoxy) is 1. The maximum Gasteiger partial charge on any atom is 0.262 e. The highest BCUT2D eigenvalue weighted by atomic mass is 32.2. The van der Waals surface area contributed by atoms with Gasteiger partial charge in [0.05, 0.1) is 7.11 Å². The molecule has 1 aromatic rings. The number of hydrogen-bond donors (Lipinski definition) is 2. The molecule has 1 aliphatic heterocycles. The summed E-state index contributed by atoms with van der Waals surface area (Å²) in [4.78, 5) is 26.8. The lowest BCUT2D eigenvalue weighted by atomic mass is 10.2. The predicted molar refractivity (Wildman–Crippen MR) is 74.2 cm³/mol. The third kappa shape index (κ3) is 3.47. The van der Waals surface area contributed by atoms with Gasteiger partial charge in [-0.25, -0.2) is 0 Å². The molecule has 0 radical (unpaired) electrons. The standard InChI is InChI=1S/C12H13N3O3S/c1-18-8-4-2-3-7(5-8)14-10(16)6-9-11(17)15-12(13)19-9/h2-5,9H,6H2,1H3,(H,14,16)(H2,13,15,17)/t9-/m1/s1. The molecule has 0 fully saturated rings. The Morgan fingerprint density at radius 1 is 1.58 bits per heavy atom. The van der Waals surface area contributed by atoms with Crippen LogP contribution in [-0.4, -0.2) is 29.3 Å². The molecule has 19 heavy (non-hydrogen) atoms. The van der Waals surface area contributed by atoms with E-state index in [1.807, 2.05) is 0 Å². The Bertz CT molecular complexity index is 545. The third-order valence-electron chi connectivity index (χ3n) is 2.48. The van der Waals surface area contributed by atoms with Gasteiger partial charge in [0, 0.05) is 18.2 Å². The molecule has 3 N–H and O–H groups in total. The van der Waals surface area contributed by atoms with Gasteiger partial charge in [0.15, 0.2) is 5.17 Å². The summed E-state index contributed by atoms with van der Waals surface area (Å²) in [5.41, 5.74) is 6.04. The van der Waals surface area contributed by atoms with E-state index < -0.39 is 5.25 Å². The smallest absolute Gasteiger partial charge is 0.262 e. The summed E-state index contributed by atoms with van der Waals surface area (Å²) >= 11 is 1.11. The minimum atomic E-state index is -0.523. The quantitative estimate of drug-likeness (QED) is 0.857. The van der Waals surface area contributed by atoms with Gasteiger partial charge in [-0.15, -0.1) is 0 Å². The van der Waals surface area contributed by atoms with Gasteiger partial charge in [-0.2, -0.15) is 4.99 Å². The lowest BCUT2D eigenvalue weighted by molar-refractivity contribution is -0.121. The second-order valence-electron chi connectivity index (χ2n) is 3.88. The molecule has 1 heterocycles. The van der Waals surface area contributed by atoms with Crippen LogP contribution in [0.25, 0.3) is 0 Å². The summed E-state index contributed by atoms with van der Waals surface area (Å²) in [5.74, 6) is 0.0315. The summed E-state index contributed by atoms with van der Waals surface area (Å²) < 4.78 is 5.06. The first-order valence-electron chi connectivity index (χ1n) is 5.57. The monoisotopic (exact) mass is 279 g/mol. The minimum Gasteiger partial charge on any atom is -0.497 e. The molecule has 100 valence electrons. The first-order valence-corrected chi connectivity index (χ1v) is 6.45. The molecule has 0 bridgehead atoms. The van der Waals surface area contributed by atoms with E-state index in [4.69, 9.17) is 10.5 Å². The Hall–Kier alpha value is -2.02. The Balaban J connectivity index is 1.93. The maximum atomic E-state index is 11.8. The summed E-state index contributed by atoms with van der Waals surface area (Å²) in [7, 11) is 1.55. The van der Waals surface area contributed by atoms with Gasteiger partial charge < -0.3 is 15.8 Å². The highest BCUT2D eigenvalue weighted by Crippen LogP contribution is 2.23. The Morgan fingerprint density at radius 3 is 3.00 bits per heavy atom. The number of methoxy groups -OCH3 is 1. The van der Waals surface area contributed by atoms with Crippen molar-refractivity contribution >= 4 is 34.4 Å². The Kier molecular flexibility index (Phi) is 4.06. The van der Waals surface area contributed by atoms with Crippen molar-refractivity contribution in [3.05, 3.63) is 24.3 Å². The number of rotatable bonds is 4. The number of nitrogens with two attached hydrogens (primary N) is 1. The molecule has 2 rings (SSSR count). The van der Waals surface area contributed by atoms with Crippen molar-refractivity contribution in [3.63, 3.8) is 0 Å². The van der Waals surface area contributed by atoms with Gasteiger partial charge >= 0.3 is 0 Å². The molecule has 0 spiro atoms. The van der Waals surface area contributed by atoms with Crippen molar-refractivity contribution in [1.29, 1.82) is 0 Å². The van der Waals surface area contributed by atoms with Crippen molar-refractivity contribution in [3.8, 4) is 5.75 Å². The van der Waals surface area contributed by atoms with E-state index in [1.54, 1.807) is 31.4 Å². The molecule has 6 nitrogen and oxygen atoms in total. The molecule has 0 aliphatic carbocycles. The van der Waals surface area contributed by atoms with E-state index >= 15 is 0 Å². The number of aliphatic imine (C=N–C) groups is 1. The number of hydrogen-bond acceptors (Lipinski definition) is 5. The first kappa shape index (κ1) is 13.4. The number of amidine groups is 1. The van der Waals surface area contributed by atoms with Gasteiger partial charge in [-0.1, -0.05) is 17.8 Å². The lowest BCUT2D eigenvalue weighted by Crippen LogP contribution is -2.21. The van der Waals surface area contributed by atoms with Gasteiger partial charge in [-0.05, 0) is 12.1 Å². The third-order valence-corrected chi connectivity index (χ3v) is 3.47. The number of carbonyl (C=O) groups excluding carboxylic acids is 2. The van der Waals surface area contributed by atoms with Crippen LogP contribution >= 0.6 is 11.8 Å². The predicted octanol–water partition coefficient (Wildman–Crippen LogP) is 0.980. The first-order chi connectivity index (χ1) is 9.08. The van der Waals surface area contributed by atoms with Crippen LogP contribution in [0.2, 0.25) is 0 Å². The van der Waals surface area contributed by atoms with E-state index in [0.29, 0.717) is 11.4 Å². The van der Waals surface area contributed by atoms with Crippen LogP contribution in [0, 0.1) is 0 Å². The highest BCUT2D eigenvalue weighted by molar-refractivity contribution is 8.15. The maximum absolute atomic E-state index is 11.8. The van der Waals surface area contributed by atoms with Gasteiger partial charge in [0.2, 0.25) is 5.91 Å². The number of benzene rings is 1. The summed E-state index contributed by atoms with van der Waals surface area (Å²) in [6.45, 7) is 0. The van der Waals surface area contributed by atoms with Crippen molar-refractivity contribution in [2.75, 3.05) is 12.4 Å². The van der Waals surface area contributed by atoms with Crippen LogP contribution in [0.1, 0.15) is 6.42 Å². The van der Waals surface area contributed by atoms with Crippen LogP contribution in [-0.2, 0) is 9.59 Å². The number of carbonyl (C=O) groups is 2. The molecule has 0 saturated heterocycles. The largest absolute Gasteiger partial charge is 0.497 e. The number of nitrogens with one attached hydrogen (secondary N) is 1. The zero-order chi connectivity index (χ0) is 13.8. The molecule has 1 aliphatic rings. The average Bonchev–Trinajstić information content (AvgIpc) is 2.68. The van der Waals surface area contributed by atoms with Gasteiger partial charge in [-0.3, -0.25) is 9.59 Å². The number of nitrogens with zero attached hydrogens (tertiary/aromatic N) is 1. The fourth-order valence-electron chi connectivity index (χ4n) is 1.61. The van der Waals surface area contributed by atoms with Crippen molar-refractivity contribution < 1.29 is 14.3 Å². The second kappa shape index (κ2) is 5.75. The summed E-state index contributed by atoms with van der Waals surface area (Å²) in [6.07, 6.45) is 0.0465. The molecule has 0 saturated carbocycles. The lowest BCUT2D eigenvalue weighted by Gasteiger charge is -2.08. The van der Waals surface area contributed by atoms with Crippen molar-refractivity contribution in [2.24, 2.45) is 10.7 Å². The van der Waals surface area contributed by atoms with E-state index in [9.17, 15) is 9.59 Å². The van der Waals surface area contributed by atoms with Crippen LogP contribution < -0.4 is 15.8 Å². The van der Waals surface area contributed by atoms with E-state index in [1.165, 1.54) is 0 Å². The fraction of sp³-hybridized carbons (Fsp3) is 0.250. The molecular formula is C12H13N3O3S. The molecule has 1 aromatic carbocycles. The second-order valence-corrected chi connectivity index (χ2v) is 5.10. The minimum absolute atomic E-state index is 0.0465. The zero-order valence-corrected chi connectivity index (χ0v) is 11.1. The number of thioether (sulfide) groups is 1. The Morgan fingerprint density at radius 2 is 2.37 bits per heavy atom. The van der Waals surface area contributed by atoms with Crippen LogP contribution in [0.3, 0.4) is 0 Å². The van der Waals surface area contributed by atoms with E-state index in [0.717, 1.165) is 11.8 Å². The fourth-order valence-corrected chi connectivity index (χ4v) is 2.44. The summed E-state index contributed by atoms with van der Waals surface area (Å²) in [6, 6.07) is 6.99. The molecule has 7 heteroatoms. The van der Waals surface area contributed by atoms with Crippen LogP contribution in [0.4, 0.5) is 5.69 Å². The average molecular weight is 279 g/mol. The zero-order valence-electron chi connectivity index (χ0n) is 10.3. The molecular weight excluding hydrogens is 266 g/mol. The van der Waals surface area contributed by atoms with E-state index in [2.05, 4.69) is 10.3 Å². The van der Waals surface area contributed by atoms with Crippen molar-refractivity contribution in [2.45, 2.75) is 11.7 Å². The summed E-state index contributed by atoms with van der Waals surface area (Å²) in [5, 5.41) is 2.39. The van der Waals surface area contributed by atoms with Crippen LogP contribution in [0.15, 0.2) is 29.3 Å². The number of anilines is 1. The van der Waals surface area contributed by atoms with Crippen LogP contribution in [0.5, 0.6) is 5.75 Å². The van der Waals surface area contributed by atoms with Gasteiger partial charge in [0.25, 0.3) is 5.91 Å². The number of amides is 2. The molecule has 1 atom stereocenters. The molecule has 2 amide bonds. The SMILES string of the molecule is COc1cccc(NC(=O)C[C@H]2SC(N)=NC2=O)c1. The van der Waals surface area contributed by atoms with Gasteiger partial charge in [0.1, 0.15) is 11.0 Å². The van der Waals surface area contributed by atoms with Crippen molar-refractivity contribution in [1.82, 2.24) is 0 Å². The normalized spacial score (nSPS) is 18.1.